The molecule has 0 aromatic heterocycles. The number of piperidine rings is 2. The summed E-state index contributed by atoms with van der Waals surface area (Å²) in [5, 5.41) is 2.99. The summed E-state index contributed by atoms with van der Waals surface area (Å²) in [6, 6.07) is 0. The standard InChI is InChI=1S/C9H17N2OP/c12-8-9(2-1-5-10-8)3-6-11(13)7-4-9/h1-7,13H2,(H,10,12). The van der Waals surface area contributed by atoms with Crippen LogP contribution in [-0.4, -0.2) is 30.2 Å². The Hall–Kier alpha value is -0.140. The molecule has 2 heterocycles. The fraction of sp³-hybridized carbons (Fsp3) is 0.889. The molecule has 1 unspecified atom stereocenters. The summed E-state index contributed by atoms with van der Waals surface area (Å²) < 4.78 is 2.23. The molecule has 2 aliphatic heterocycles. The molecule has 74 valence electrons. The van der Waals surface area contributed by atoms with Crippen molar-refractivity contribution in [1.29, 1.82) is 0 Å². The maximum atomic E-state index is 11.7. The highest BCUT2D eigenvalue weighted by atomic mass is 31.0. The van der Waals surface area contributed by atoms with Gasteiger partial charge in [-0.25, -0.2) is 0 Å². The highest BCUT2D eigenvalue weighted by Gasteiger charge is 2.41. The maximum Gasteiger partial charge on any atom is 0.226 e. The number of carbonyl (C=O) groups is 1. The molecule has 2 rings (SSSR count). The van der Waals surface area contributed by atoms with Gasteiger partial charge in [0.25, 0.3) is 0 Å². The Balaban J connectivity index is 2.06. The molecule has 0 aromatic rings. The lowest BCUT2D eigenvalue weighted by molar-refractivity contribution is -0.135. The van der Waals surface area contributed by atoms with Gasteiger partial charge in [-0.15, -0.1) is 0 Å². The quantitative estimate of drug-likeness (QED) is 0.586. The van der Waals surface area contributed by atoms with Gasteiger partial charge in [0.05, 0.1) is 5.41 Å². The lowest BCUT2D eigenvalue weighted by Gasteiger charge is -2.41. The monoisotopic (exact) mass is 200 g/mol. The van der Waals surface area contributed by atoms with Crippen molar-refractivity contribution in [3.63, 3.8) is 0 Å². The first-order valence-electron chi connectivity index (χ1n) is 5.01. The minimum Gasteiger partial charge on any atom is -0.356 e. The van der Waals surface area contributed by atoms with Crippen molar-refractivity contribution in [2.75, 3.05) is 19.6 Å². The molecular weight excluding hydrogens is 183 g/mol. The fourth-order valence-corrected chi connectivity index (χ4v) is 2.62. The summed E-state index contributed by atoms with van der Waals surface area (Å²) in [7, 11) is 2.72. The predicted octanol–water partition coefficient (Wildman–Crippen LogP) is 0.769. The molecule has 3 nitrogen and oxygen atoms in total. The molecular formula is C9H17N2OP. The molecule has 4 heteroatoms. The van der Waals surface area contributed by atoms with Gasteiger partial charge in [0.15, 0.2) is 0 Å². The van der Waals surface area contributed by atoms with Gasteiger partial charge in [-0.3, -0.25) is 9.46 Å². The van der Waals surface area contributed by atoms with Crippen molar-refractivity contribution in [3.05, 3.63) is 0 Å². The van der Waals surface area contributed by atoms with E-state index in [0.717, 1.165) is 45.3 Å². The number of hydrogen-bond donors (Lipinski definition) is 1. The van der Waals surface area contributed by atoms with Crippen molar-refractivity contribution in [2.45, 2.75) is 25.7 Å². The van der Waals surface area contributed by atoms with Gasteiger partial charge in [0.2, 0.25) is 5.91 Å². The molecule has 2 saturated heterocycles. The Kier molecular flexibility index (Phi) is 2.57. The van der Waals surface area contributed by atoms with Crippen molar-refractivity contribution in [2.24, 2.45) is 5.41 Å². The zero-order valence-electron chi connectivity index (χ0n) is 7.88. The molecule has 1 atom stereocenters. The van der Waals surface area contributed by atoms with E-state index in [9.17, 15) is 4.79 Å². The van der Waals surface area contributed by atoms with Gasteiger partial charge in [0.1, 0.15) is 0 Å². The molecule has 1 N–H and O–H groups in total. The molecule has 2 aliphatic rings. The number of nitrogens with zero attached hydrogens (tertiary/aromatic N) is 1. The number of hydrogen-bond acceptors (Lipinski definition) is 2. The van der Waals surface area contributed by atoms with Crippen LogP contribution in [0.5, 0.6) is 0 Å². The Morgan fingerprint density at radius 3 is 2.62 bits per heavy atom. The van der Waals surface area contributed by atoms with E-state index in [4.69, 9.17) is 0 Å². The van der Waals surface area contributed by atoms with Crippen molar-refractivity contribution in [1.82, 2.24) is 9.99 Å². The summed E-state index contributed by atoms with van der Waals surface area (Å²) >= 11 is 0. The van der Waals surface area contributed by atoms with Crippen LogP contribution >= 0.6 is 9.39 Å². The van der Waals surface area contributed by atoms with Crippen molar-refractivity contribution in [3.8, 4) is 0 Å². The van der Waals surface area contributed by atoms with Gasteiger partial charge in [-0.1, -0.05) is 9.39 Å². The number of rotatable bonds is 0. The third kappa shape index (κ3) is 1.72. The topological polar surface area (TPSA) is 32.3 Å². The third-order valence-corrected chi connectivity index (χ3v) is 3.87. The van der Waals surface area contributed by atoms with Crippen LogP contribution in [0.2, 0.25) is 0 Å². The molecule has 0 saturated carbocycles. The molecule has 0 radical (unpaired) electrons. The highest BCUT2D eigenvalue weighted by molar-refractivity contribution is 7.13. The normalized spacial score (nSPS) is 28.8. The van der Waals surface area contributed by atoms with Crippen LogP contribution in [-0.2, 0) is 4.79 Å². The Bertz CT molecular complexity index is 212. The average molecular weight is 200 g/mol. The molecule has 0 aliphatic carbocycles. The minimum atomic E-state index is -0.00861. The van der Waals surface area contributed by atoms with Gasteiger partial charge in [-0.2, -0.15) is 0 Å². The van der Waals surface area contributed by atoms with Gasteiger partial charge in [-0.05, 0) is 25.7 Å². The largest absolute Gasteiger partial charge is 0.356 e. The van der Waals surface area contributed by atoms with E-state index in [1.807, 2.05) is 0 Å². The number of carbonyl (C=O) groups excluding carboxylic acids is 1. The fourth-order valence-electron chi connectivity index (χ4n) is 2.36. The second kappa shape index (κ2) is 3.55. The van der Waals surface area contributed by atoms with E-state index < -0.39 is 0 Å². The summed E-state index contributed by atoms with van der Waals surface area (Å²) in [4.78, 5) is 11.7. The first-order chi connectivity index (χ1) is 6.23. The third-order valence-electron chi connectivity index (χ3n) is 3.35. The summed E-state index contributed by atoms with van der Waals surface area (Å²) in [6.45, 7) is 2.96. The van der Waals surface area contributed by atoms with Crippen LogP contribution in [0.3, 0.4) is 0 Å². The van der Waals surface area contributed by atoms with E-state index in [0.29, 0.717) is 5.91 Å². The Morgan fingerprint density at radius 2 is 2.00 bits per heavy atom. The van der Waals surface area contributed by atoms with Crippen LogP contribution in [0.25, 0.3) is 0 Å². The molecule has 1 spiro atoms. The molecule has 0 bridgehead atoms. The lowest BCUT2D eigenvalue weighted by atomic mass is 9.73. The van der Waals surface area contributed by atoms with Crippen LogP contribution in [0.4, 0.5) is 0 Å². The first kappa shape index (κ1) is 9.42. The van der Waals surface area contributed by atoms with Crippen molar-refractivity contribution < 1.29 is 4.79 Å². The van der Waals surface area contributed by atoms with Crippen LogP contribution < -0.4 is 5.32 Å². The Labute approximate surface area is 81.5 Å². The van der Waals surface area contributed by atoms with Crippen LogP contribution in [0.1, 0.15) is 25.7 Å². The number of amides is 1. The summed E-state index contributed by atoms with van der Waals surface area (Å²) in [5.41, 5.74) is -0.00861. The molecule has 1 amide bonds. The van der Waals surface area contributed by atoms with E-state index in [1.165, 1.54) is 0 Å². The smallest absolute Gasteiger partial charge is 0.226 e. The van der Waals surface area contributed by atoms with E-state index in [1.54, 1.807) is 0 Å². The van der Waals surface area contributed by atoms with Crippen LogP contribution in [0, 0.1) is 5.41 Å². The van der Waals surface area contributed by atoms with Crippen LogP contribution in [0.15, 0.2) is 0 Å². The second-order valence-electron chi connectivity index (χ2n) is 4.18. The predicted molar refractivity (Wildman–Crippen MR) is 55.2 cm³/mol. The highest BCUT2D eigenvalue weighted by Crippen LogP contribution is 2.38. The average Bonchev–Trinajstić information content (AvgIpc) is 2.15. The van der Waals surface area contributed by atoms with E-state index in [2.05, 4.69) is 19.4 Å². The molecule has 0 aromatic carbocycles. The summed E-state index contributed by atoms with van der Waals surface area (Å²) in [5.74, 6) is 0.303. The summed E-state index contributed by atoms with van der Waals surface area (Å²) in [6.07, 6.45) is 4.31. The molecule has 13 heavy (non-hydrogen) atoms. The molecule has 2 fully saturated rings. The van der Waals surface area contributed by atoms with Gasteiger partial charge >= 0.3 is 0 Å². The van der Waals surface area contributed by atoms with Crippen molar-refractivity contribution >= 4 is 15.3 Å². The zero-order valence-corrected chi connectivity index (χ0v) is 9.04. The first-order valence-corrected chi connectivity index (χ1v) is 5.53. The van der Waals surface area contributed by atoms with E-state index >= 15 is 0 Å². The minimum absolute atomic E-state index is 0.00861. The van der Waals surface area contributed by atoms with Gasteiger partial charge in [0, 0.05) is 19.6 Å². The van der Waals surface area contributed by atoms with E-state index in [-0.39, 0.29) is 5.41 Å². The Morgan fingerprint density at radius 1 is 1.31 bits per heavy atom. The second-order valence-corrected chi connectivity index (χ2v) is 4.91. The zero-order chi connectivity index (χ0) is 9.31. The van der Waals surface area contributed by atoms with Gasteiger partial charge < -0.3 is 5.32 Å². The maximum absolute atomic E-state index is 11.7. The number of nitrogens with one attached hydrogen (secondary N) is 1. The lowest BCUT2D eigenvalue weighted by Crippen LogP contribution is -2.50. The SMILES string of the molecule is O=C1NCCCC12CCN(P)CC2.